The number of rotatable bonds is 8. The first-order valence-electron chi connectivity index (χ1n) is 14.9. The summed E-state index contributed by atoms with van der Waals surface area (Å²) in [4.78, 5) is 25.3. The minimum Gasteiger partial charge on any atom is -0.444 e. The Balaban J connectivity index is 1.29. The van der Waals surface area contributed by atoms with E-state index in [1.807, 2.05) is 0 Å². The van der Waals surface area contributed by atoms with Crippen LogP contribution in [0.2, 0.25) is 0 Å². The van der Waals surface area contributed by atoms with Gasteiger partial charge in [0.2, 0.25) is 16.0 Å². The number of fused-ring (bicyclic) bond motifs is 1. The number of aromatic nitrogens is 3. The summed E-state index contributed by atoms with van der Waals surface area (Å²) < 4.78 is 90.8. The molecule has 1 amide bonds. The smallest absolute Gasteiger partial charge is 0.407 e. The summed E-state index contributed by atoms with van der Waals surface area (Å²) in [5.74, 6) is -5.56. The summed E-state index contributed by atoms with van der Waals surface area (Å²) in [6.45, 7) is 7.10. The van der Waals surface area contributed by atoms with Gasteiger partial charge in [0, 0.05) is 17.6 Å². The molecule has 2 heterocycles. The quantitative estimate of drug-likeness (QED) is 0.138. The lowest BCUT2D eigenvalue weighted by Gasteiger charge is -2.30. The van der Waals surface area contributed by atoms with Crippen LogP contribution >= 0.6 is 0 Å². The molecule has 0 atom stereocenters. The number of carbonyl (C=O) groups is 1. The molecule has 2 aromatic heterocycles. The fraction of sp³-hybridized carbons (Fsp3) is 0.375. The Hall–Kier alpha value is -4.53. The SMILES string of the molecule is Cc1cc(-c2cc(F)c(NS(=O)(=O)Cc3ccc(F)cc3)c(F)c2F)nc2cnc(N[C@H]3CC[C@H](NC(=O)OC(C)(C)C)CC3)nc12. The average Bonchev–Trinajstić information content (AvgIpc) is 2.98. The van der Waals surface area contributed by atoms with E-state index in [-0.39, 0.29) is 28.9 Å². The summed E-state index contributed by atoms with van der Waals surface area (Å²) >= 11 is 0. The molecular formula is C32H34F4N6O4S. The van der Waals surface area contributed by atoms with E-state index in [9.17, 15) is 17.6 Å². The van der Waals surface area contributed by atoms with Crippen LogP contribution in [-0.2, 0) is 20.5 Å². The van der Waals surface area contributed by atoms with Crippen LogP contribution < -0.4 is 15.4 Å². The molecule has 1 fully saturated rings. The number of nitrogens with one attached hydrogen (secondary N) is 3. The van der Waals surface area contributed by atoms with Crippen LogP contribution in [0, 0.1) is 30.2 Å². The van der Waals surface area contributed by atoms with Crippen LogP contribution in [-0.4, -0.2) is 47.1 Å². The van der Waals surface area contributed by atoms with Crippen LogP contribution in [0.4, 0.5) is 34.0 Å². The molecule has 0 saturated heterocycles. The third-order valence-corrected chi connectivity index (χ3v) is 8.71. The Labute approximate surface area is 269 Å². The number of alkyl carbamates (subject to hydrolysis) is 1. The second-order valence-corrected chi connectivity index (χ2v) is 14.2. The second-order valence-electron chi connectivity index (χ2n) is 12.5. The maximum atomic E-state index is 15.3. The van der Waals surface area contributed by atoms with Gasteiger partial charge in [0.25, 0.3) is 0 Å². The number of hydrogen-bond donors (Lipinski definition) is 3. The summed E-state index contributed by atoms with van der Waals surface area (Å²) in [6, 6.07) is 6.64. The molecule has 1 saturated carbocycles. The van der Waals surface area contributed by atoms with Crippen LogP contribution in [0.15, 0.2) is 42.6 Å². The maximum Gasteiger partial charge on any atom is 0.407 e. The van der Waals surface area contributed by atoms with E-state index < -0.39 is 62.0 Å². The van der Waals surface area contributed by atoms with Gasteiger partial charge in [0.15, 0.2) is 17.5 Å². The van der Waals surface area contributed by atoms with Crippen molar-refractivity contribution in [3.63, 3.8) is 0 Å². The van der Waals surface area contributed by atoms with Gasteiger partial charge in [-0.25, -0.2) is 45.7 Å². The molecule has 47 heavy (non-hydrogen) atoms. The van der Waals surface area contributed by atoms with E-state index >= 15 is 13.2 Å². The van der Waals surface area contributed by atoms with Crippen LogP contribution in [0.3, 0.4) is 0 Å². The summed E-state index contributed by atoms with van der Waals surface area (Å²) in [7, 11) is -4.38. The molecule has 0 radical (unpaired) electrons. The largest absolute Gasteiger partial charge is 0.444 e. The van der Waals surface area contributed by atoms with Crippen molar-refractivity contribution >= 4 is 38.8 Å². The highest BCUT2D eigenvalue weighted by atomic mass is 32.2. The molecule has 1 aliphatic rings. The van der Waals surface area contributed by atoms with E-state index in [1.165, 1.54) is 24.4 Å². The molecule has 3 N–H and O–H groups in total. The zero-order valence-corrected chi connectivity index (χ0v) is 26.9. The van der Waals surface area contributed by atoms with Gasteiger partial charge < -0.3 is 15.4 Å². The van der Waals surface area contributed by atoms with Crippen molar-refractivity contribution in [3.05, 3.63) is 77.0 Å². The molecule has 0 unspecified atom stereocenters. The van der Waals surface area contributed by atoms with Crippen molar-refractivity contribution < 1.29 is 35.5 Å². The van der Waals surface area contributed by atoms with E-state index in [0.29, 0.717) is 23.1 Å². The zero-order chi connectivity index (χ0) is 34.1. The minimum absolute atomic E-state index is 0.00368. The number of nitrogens with zero attached hydrogens (tertiary/aromatic N) is 3. The van der Waals surface area contributed by atoms with Gasteiger partial charge in [-0.1, -0.05) is 12.1 Å². The Kier molecular flexibility index (Phi) is 9.57. The van der Waals surface area contributed by atoms with Crippen LogP contribution in [0.5, 0.6) is 0 Å². The Morgan fingerprint density at radius 3 is 2.28 bits per heavy atom. The predicted octanol–water partition coefficient (Wildman–Crippen LogP) is 6.75. The Morgan fingerprint density at radius 2 is 1.62 bits per heavy atom. The highest BCUT2D eigenvalue weighted by molar-refractivity contribution is 7.91. The normalized spacial score (nSPS) is 16.9. The van der Waals surface area contributed by atoms with Gasteiger partial charge in [0.05, 0.1) is 23.2 Å². The third-order valence-electron chi connectivity index (χ3n) is 7.48. The molecule has 2 aromatic carbocycles. The number of halogens is 4. The summed E-state index contributed by atoms with van der Waals surface area (Å²) in [5.41, 5.74) is -1.00. The average molecular weight is 675 g/mol. The lowest BCUT2D eigenvalue weighted by atomic mass is 9.91. The number of ether oxygens (including phenoxy) is 1. The first kappa shape index (κ1) is 33.8. The van der Waals surface area contributed by atoms with Crippen molar-refractivity contribution in [1.82, 2.24) is 20.3 Å². The van der Waals surface area contributed by atoms with Crippen LogP contribution in [0.1, 0.15) is 57.6 Å². The molecule has 250 valence electrons. The Morgan fingerprint density at radius 1 is 0.957 bits per heavy atom. The Bertz CT molecular complexity index is 1910. The van der Waals surface area contributed by atoms with Gasteiger partial charge in [-0.15, -0.1) is 0 Å². The van der Waals surface area contributed by atoms with Crippen molar-refractivity contribution in [2.24, 2.45) is 0 Å². The number of carbonyl (C=O) groups excluding carboxylic acids is 1. The fourth-order valence-corrected chi connectivity index (χ4v) is 6.50. The van der Waals surface area contributed by atoms with E-state index in [1.54, 1.807) is 32.4 Å². The molecule has 10 nitrogen and oxygen atoms in total. The van der Waals surface area contributed by atoms with Crippen molar-refractivity contribution in [1.29, 1.82) is 0 Å². The first-order chi connectivity index (χ1) is 22.1. The molecule has 5 rings (SSSR count). The number of hydrogen-bond acceptors (Lipinski definition) is 8. The van der Waals surface area contributed by atoms with Gasteiger partial charge in [-0.05, 0) is 88.8 Å². The maximum absolute atomic E-state index is 15.3. The molecule has 15 heteroatoms. The summed E-state index contributed by atoms with van der Waals surface area (Å²) in [6.07, 6.45) is 3.96. The molecule has 4 aromatic rings. The second kappa shape index (κ2) is 13.3. The number of anilines is 2. The monoisotopic (exact) mass is 674 g/mol. The van der Waals surface area contributed by atoms with Gasteiger partial charge in [-0.2, -0.15) is 0 Å². The lowest BCUT2D eigenvalue weighted by molar-refractivity contribution is 0.0492. The molecule has 0 bridgehead atoms. The predicted molar refractivity (Wildman–Crippen MR) is 169 cm³/mol. The van der Waals surface area contributed by atoms with Gasteiger partial charge in [0.1, 0.15) is 22.6 Å². The topological polar surface area (TPSA) is 135 Å². The lowest BCUT2D eigenvalue weighted by Crippen LogP contribution is -2.42. The molecule has 1 aliphatic carbocycles. The number of amides is 1. The first-order valence-corrected chi connectivity index (χ1v) is 16.6. The van der Waals surface area contributed by atoms with Crippen LogP contribution in [0.25, 0.3) is 22.3 Å². The number of aryl methyl sites for hydroxylation is 1. The summed E-state index contributed by atoms with van der Waals surface area (Å²) in [5, 5.41) is 6.20. The van der Waals surface area contributed by atoms with Gasteiger partial charge in [-0.3, -0.25) is 4.72 Å². The van der Waals surface area contributed by atoms with Gasteiger partial charge >= 0.3 is 6.09 Å². The third kappa shape index (κ3) is 8.44. The zero-order valence-electron chi connectivity index (χ0n) is 26.1. The molecular weight excluding hydrogens is 640 g/mol. The number of pyridine rings is 1. The van der Waals surface area contributed by atoms with E-state index in [0.717, 1.165) is 37.8 Å². The number of sulfonamides is 1. The van der Waals surface area contributed by atoms with E-state index in [2.05, 4.69) is 25.6 Å². The minimum atomic E-state index is -4.38. The fourth-order valence-electron chi connectivity index (χ4n) is 5.30. The molecule has 0 spiro atoms. The highest BCUT2D eigenvalue weighted by Gasteiger charge is 2.27. The van der Waals surface area contributed by atoms with E-state index in [4.69, 9.17) is 4.74 Å². The highest BCUT2D eigenvalue weighted by Crippen LogP contribution is 2.33. The molecule has 0 aliphatic heterocycles. The van der Waals surface area contributed by atoms with Crippen molar-refractivity contribution in [3.8, 4) is 11.3 Å². The standard InChI is InChI=1S/C32H34F4N6O4S/c1-17-13-24(22-14-23(34)29(27(36)26(22)35)42-47(44,45)16-18-5-7-19(33)8-6-18)40-25-15-37-30(41-28(17)25)38-20-9-11-21(12-10-20)39-31(43)46-32(2,3)4/h5-8,13-15,20-21,42H,9-12,16H2,1-4H3,(H,39,43)(H,37,38,41)/t20-,21-. The van der Waals surface area contributed by atoms with Crippen molar-refractivity contribution in [2.45, 2.75) is 76.8 Å². The number of benzene rings is 2. The van der Waals surface area contributed by atoms with Crippen molar-refractivity contribution in [2.75, 3.05) is 10.0 Å².